The van der Waals surface area contributed by atoms with Crippen molar-refractivity contribution in [2.24, 2.45) is 0 Å². The highest BCUT2D eigenvalue weighted by atomic mass is 16.5. The number of rotatable bonds is 6. The monoisotopic (exact) mass is 368 g/mol. The third-order valence-electron chi connectivity index (χ3n) is 5.31. The molecule has 1 aromatic heterocycles. The molecule has 2 aromatic rings. The van der Waals surface area contributed by atoms with Gasteiger partial charge in [-0.2, -0.15) is 0 Å². The van der Waals surface area contributed by atoms with Gasteiger partial charge in [0.15, 0.2) is 6.61 Å². The first-order chi connectivity index (χ1) is 13.2. The topological polar surface area (TPSA) is 60.9 Å². The Balaban J connectivity index is 1.34. The molecule has 2 unspecified atom stereocenters. The molecule has 2 saturated heterocycles. The van der Waals surface area contributed by atoms with E-state index < -0.39 is 0 Å². The number of carbonyl (C=O) groups is 1. The number of pyridine rings is 1. The van der Waals surface area contributed by atoms with E-state index in [-0.39, 0.29) is 30.7 Å². The number of hydrogen-bond acceptors (Lipinski definition) is 5. The molecule has 1 amide bonds. The molecule has 2 fully saturated rings. The Hall–Kier alpha value is -2.76. The number of nitrogens with zero attached hydrogens (tertiary/aromatic N) is 2. The van der Waals surface area contributed by atoms with Gasteiger partial charge in [-0.15, -0.1) is 0 Å². The van der Waals surface area contributed by atoms with Crippen LogP contribution in [0.2, 0.25) is 0 Å². The smallest absolute Gasteiger partial charge is 0.261 e. The van der Waals surface area contributed by atoms with Crippen LogP contribution in [0.4, 0.5) is 0 Å². The number of carbonyl (C=O) groups excluding carboxylic acids is 1. The van der Waals surface area contributed by atoms with Gasteiger partial charge in [-0.1, -0.05) is 12.1 Å². The number of benzene rings is 1. The molecule has 0 spiro atoms. The van der Waals surface area contributed by atoms with E-state index in [0.717, 1.165) is 25.7 Å². The van der Waals surface area contributed by atoms with E-state index in [0.29, 0.717) is 17.4 Å². The van der Waals surface area contributed by atoms with E-state index in [2.05, 4.69) is 4.98 Å². The lowest BCUT2D eigenvalue weighted by atomic mass is 9.99. The lowest BCUT2D eigenvalue weighted by molar-refractivity contribution is -0.139. The maximum atomic E-state index is 12.8. The SMILES string of the molecule is COc1cccc(OCC(=O)N2C3CCC2CC(Oc2ccccn2)C3)c1. The minimum Gasteiger partial charge on any atom is -0.497 e. The lowest BCUT2D eigenvalue weighted by Gasteiger charge is -2.38. The molecule has 2 aliphatic rings. The van der Waals surface area contributed by atoms with Gasteiger partial charge in [0.1, 0.15) is 17.6 Å². The summed E-state index contributed by atoms with van der Waals surface area (Å²) in [4.78, 5) is 19.0. The average molecular weight is 368 g/mol. The molecular weight excluding hydrogens is 344 g/mol. The molecule has 142 valence electrons. The number of ether oxygens (including phenoxy) is 3. The van der Waals surface area contributed by atoms with Crippen molar-refractivity contribution in [2.45, 2.75) is 43.9 Å². The van der Waals surface area contributed by atoms with Crippen LogP contribution in [0.25, 0.3) is 0 Å². The molecule has 2 aliphatic heterocycles. The van der Waals surface area contributed by atoms with E-state index in [1.54, 1.807) is 19.4 Å². The normalized spacial score (nSPS) is 23.7. The van der Waals surface area contributed by atoms with Crippen LogP contribution in [0.1, 0.15) is 25.7 Å². The molecule has 0 saturated carbocycles. The summed E-state index contributed by atoms with van der Waals surface area (Å²) in [6, 6.07) is 13.4. The first-order valence-electron chi connectivity index (χ1n) is 9.38. The second-order valence-corrected chi connectivity index (χ2v) is 7.03. The van der Waals surface area contributed by atoms with Gasteiger partial charge in [-0.05, 0) is 31.0 Å². The third-order valence-corrected chi connectivity index (χ3v) is 5.31. The molecule has 6 nitrogen and oxygen atoms in total. The Morgan fingerprint density at radius 3 is 2.59 bits per heavy atom. The fraction of sp³-hybridized carbons (Fsp3) is 0.429. The minimum atomic E-state index is 0.0432. The first-order valence-corrected chi connectivity index (χ1v) is 9.38. The van der Waals surface area contributed by atoms with Crippen molar-refractivity contribution in [3.05, 3.63) is 48.7 Å². The van der Waals surface area contributed by atoms with Crippen molar-refractivity contribution in [3.8, 4) is 17.4 Å². The van der Waals surface area contributed by atoms with Gasteiger partial charge in [-0.25, -0.2) is 4.98 Å². The van der Waals surface area contributed by atoms with Gasteiger partial charge in [0.05, 0.1) is 7.11 Å². The van der Waals surface area contributed by atoms with Crippen LogP contribution in [-0.4, -0.2) is 47.7 Å². The number of aromatic nitrogens is 1. The average Bonchev–Trinajstić information content (AvgIpc) is 2.98. The summed E-state index contributed by atoms with van der Waals surface area (Å²) in [6.45, 7) is 0.0476. The molecular formula is C21H24N2O4. The largest absolute Gasteiger partial charge is 0.497 e. The van der Waals surface area contributed by atoms with E-state index in [1.807, 2.05) is 41.3 Å². The Labute approximate surface area is 159 Å². The van der Waals surface area contributed by atoms with E-state index >= 15 is 0 Å². The lowest BCUT2D eigenvalue weighted by Crippen LogP contribution is -2.50. The van der Waals surface area contributed by atoms with Gasteiger partial charge >= 0.3 is 0 Å². The molecule has 2 bridgehead atoms. The highest BCUT2D eigenvalue weighted by Gasteiger charge is 2.44. The zero-order valence-corrected chi connectivity index (χ0v) is 15.4. The van der Waals surface area contributed by atoms with E-state index in [4.69, 9.17) is 14.2 Å². The van der Waals surface area contributed by atoms with E-state index in [1.165, 1.54) is 0 Å². The van der Waals surface area contributed by atoms with Gasteiger partial charge in [-0.3, -0.25) is 4.79 Å². The summed E-state index contributed by atoms with van der Waals surface area (Å²) in [5.41, 5.74) is 0. The van der Waals surface area contributed by atoms with Crippen LogP contribution >= 0.6 is 0 Å². The molecule has 0 radical (unpaired) electrons. The Kier molecular flexibility index (Phi) is 5.14. The van der Waals surface area contributed by atoms with Gasteiger partial charge in [0.25, 0.3) is 5.91 Å². The molecule has 0 N–H and O–H groups in total. The number of methoxy groups -OCH3 is 1. The van der Waals surface area contributed by atoms with Gasteiger partial charge < -0.3 is 19.1 Å². The summed E-state index contributed by atoms with van der Waals surface area (Å²) in [7, 11) is 1.61. The fourth-order valence-corrected chi connectivity index (χ4v) is 4.13. The molecule has 27 heavy (non-hydrogen) atoms. The summed E-state index contributed by atoms with van der Waals surface area (Å²) < 4.78 is 16.9. The van der Waals surface area contributed by atoms with Gasteiger partial charge in [0, 0.05) is 43.3 Å². The zero-order chi connectivity index (χ0) is 18.6. The molecule has 3 heterocycles. The predicted molar refractivity (Wildman–Crippen MR) is 100 cm³/mol. The molecule has 1 aromatic carbocycles. The third kappa shape index (κ3) is 3.99. The van der Waals surface area contributed by atoms with Crippen LogP contribution in [0.15, 0.2) is 48.7 Å². The van der Waals surface area contributed by atoms with Crippen LogP contribution in [0, 0.1) is 0 Å². The van der Waals surface area contributed by atoms with Crippen molar-refractivity contribution in [3.63, 3.8) is 0 Å². The second-order valence-electron chi connectivity index (χ2n) is 7.03. The second kappa shape index (κ2) is 7.86. The minimum absolute atomic E-state index is 0.0432. The van der Waals surface area contributed by atoms with Crippen LogP contribution < -0.4 is 14.2 Å². The van der Waals surface area contributed by atoms with Crippen LogP contribution in [-0.2, 0) is 4.79 Å². The maximum Gasteiger partial charge on any atom is 0.261 e. The summed E-state index contributed by atoms with van der Waals surface area (Å²) in [6.07, 6.45) is 5.59. The summed E-state index contributed by atoms with van der Waals surface area (Å²) in [5.74, 6) is 2.06. The summed E-state index contributed by atoms with van der Waals surface area (Å²) >= 11 is 0. The number of piperidine rings is 1. The fourth-order valence-electron chi connectivity index (χ4n) is 4.13. The van der Waals surface area contributed by atoms with E-state index in [9.17, 15) is 4.79 Å². The molecule has 2 atom stereocenters. The molecule has 4 rings (SSSR count). The Bertz CT molecular complexity index is 769. The highest BCUT2D eigenvalue weighted by Crippen LogP contribution is 2.37. The van der Waals surface area contributed by atoms with Crippen molar-refractivity contribution < 1.29 is 19.0 Å². The molecule has 0 aliphatic carbocycles. The van der Waals surface area contributed by atoms with Crippen molar-refractivity contribution in [1.82, 2.24) is 9.88 Å². The molecule has 6 heteroatoms. The highest BCUT2D eigenvalue weighted by molar-refractivity contribution is 5.79. The number of amides is 1. The van der Waals surface area contributed by atoms with Crippen molar-refractivity contribution in [1.29, 1.82) is 0 Å². The summed E-state index contributed by atoms with van der Waals surface area (Å²) in [5, 5.41) is 0. The number of hydrogen-bond donors (Lipinski definition) is 0. The van der Waals surface area contributed by atoms with Crippen LogP contribution in [0.5, 0.6) is 17.4 Å². The quantitative estimate of drug-likeness (QED) is 0.784. The van der Waals surface area contributed by atoms with Gasteiger partial charge in [0.2, 0.25) is 5.88 Å². The Morgan fingerprint density at radius 1 is 1.11 bits per heavy atom. The van der Waals surface area contributed by atoms with Crippen molar-refractivity contribution >= 4 is 5.91 Å². The predicted octanol–water partition coefficient (Wildman–Crippen LogP) is 3.07. The zero-order valence-electron chi connectivity index (χ0n) is 15.4. The first kappa shape index (κ1) is 17.6. The maximum absolute atomic E-state index is 12.8. The Morgan fingerprint density at radius 2 is 1.89 bits per heavy atom. The van der Waals surface area contributed by atoms with Crippen molar-refractivity contribution in [2.75, 3.05) is 13.7 Å². The number of fused-ring (bicyclic) bond motifs is 2. The van der Waals surface area contributed by atoms with Crippen LogP contribution in [0.3, 0.4) is 0 Å². The standard InChI is InChI=1S/C21H24N2O4/c1-25-17-5-4-6-18(13-17)26-14-21(24)23-15-8-9-16(23)12-19(11-15)27-20-7-2-3-10-22-20/h2-7,10,13,15-16,19H,8-9,11-12,14H2,1H3.